The van der Waals surface area contributed by atoms with E-state index in [1.807, 2.05) is 37.3 Å². The summed E-state index contributed by atoms with van der Waals surface area (Å²) in [5, 5.41) is 3.37. The highest BCUT2D eigenvalue weighted by Crippen LogP contribution is 2.24. The molecule has 2 unspecified atom stereocenters. The lowest BCUT2D eigenvalue weighted by Gasteiger charge is -2.18. The van der Waals surface area contributed by atoms with Crippen LogP contribution in [0.5, 0.6) is 5.75 Å². The summed E-state index contributed by atoms with van der Waals surface area (Å²) in [5.74, 6) is 0.635. The number of nitrogens with one attached hydrogen (secondary N) is 1. The van der Waals surface area contributed by atoms with Gasteiger partial charge in [0.25, 0.3) is 0 Å². The van der Waals surface area contributed by atoms with Gasteiger partial charge in [-0.05, 0) is 50.1 Å². The third-order valence-corrected chi connectivity index (χ3v) is 3.48. The Labute approximate surface area is 126 Å². The van der Waals surface area contributed by atoms with E-state index >= 15 is 0 Å². The highest BCUT2D eigenvalue weighted by Gasteiger charge is 2.07. The van der Waals surface area contributed by atoms with E-state index in [2.05, 4.69) is 19.2 Å². The van der Waals surface area contributed by atoms with Gasteiger partial charge < -0.3 is 10.1 Å². The van der Waals surface area contributed by atoms with Crippen LogP contribution in [0.1, 0.15) is 38.8 Å². The molecule has 1 N–H and O–H groups in total. The zero-order valence-electron chi connectivity index (χ0n) is 12.8. The summed E-state index contributed by atoms with van der Waals surface area (Å²) in [4.78, 5) is 0. The molecule has 0 heterocycles. The van der Waals surface area contributed by atoms with E-state index in [1.165, 1.54) is 6.07 Å². The van der Waals surface area contributed by atoms with E-state index in [9.17, 15) is 4.39 Å². The Morgan fingerprint density at radius 1 is 1.10 bits per heavy atom. The SMILES string of the molecule is CCC(C)Oc1cccc(NC(C)c2cccc(F)c2)c1. The van der Waals surface area contributed by atoms with Crippen LogP contribution in [0.4, 0.5) is 10.1 Å². The quantitative estimate of drug-likeness (QED) is 0.790. The van der Waals surface area contributed by atoms with Gasteiger partial charge in [0.2, 0.25) is 0 Å². The summed E-state index contributed by atoms with van der Waals surface area (Å²) in [6, 6.07) is 14.5. The van der Waals surface area contributed by atoms with Crippen LogP contribution in [0.2, 0.25) is 0 Å². The minimum Gasteiger partial charge on any atom is -0.491 e. The van der Waals surface area contributed by atoms with Crippen LogP contribution in [0, 0.1) is 5.82 Å². The fraction of sp³-hybridized carbons (Fsp3) is 0.333. The Kier molecular flexibility index (Phi) is 5.20. The fourth-order valence-corrected chi connectivity index (χ4v) is 2.08. The van der Waals surface area contributed by atoms with Crippen LogP contribution >= 0.6 is 0 Å². The standard InChI is InChI=1S/C18H22FNO/c1-4-13(2)21-18-10-6-9-17(12-18)20-14(3)15-7-5-8-16(19)11-15/h5-14,20H,4H2,1-3H3. The average molecular weight is 287 g/mol. The summed E-state index contributed by atoms with van der Waals surface area (Å²) >= 11 is 0. The number of rotatable bonds is 6. The van der Waals surface area contributed by atoms with Gasteiger partial charge in [-0.2, -0.15) is 0 Å². The van der Waals surface area contributed by atoms with Crippen molar-refractivity contribution in [2.24, 2.45) is 0 Å². The highest BCUT2D eigenvalue weighted by molar-refractivity contribution is 5.49. The highest BCUT2D eigenvalue weighted by atomic mass is 19.1. The van der Waals surface area contributed by atoms with Gasteiger partial charge in [-0.25, -0.2) is 4.39 Å². The lowest BCUT2D eigenvalue weighted by molar-refractivity contribution is 0.217. The maximum atomic E-state index is 13.3. The van der Waals surface area contributed by atoms with Crippen molar-refractivity contribution in [2.45, 2.75) is 39.3 Å². The topological polar surface area (TPSA) is 21.3 Å². The Balaban J connectivity index is 2.07. The van der Waals surface area contributed by atoms with Crippen molar-refractivity contribution in [1.82, 2.24) is 0 Å². The smallest absolute Gasteiger partial charge is 0.123 e. The maximum absolute atomic E-state index is 13.3. The molecule has 0 amide bonds. The Hall–Kier alpha value is -2.03. The van der Waals surface area contributed by atoms with E-state index in [0.717, 1.165) is 23.4 Å². The van der Waals surface area contributed by atoms with E-state index in [4.69, 9.17) is 4.74 Å². The second kappa shape index (κ2) is 7.11. The zero-order valence-corrected chi connectivity index (χ0v) is 12.8. The molecule has 0 aromatic heterocycles. The van der Waals surface area contributed by atoms with E-state index in [-0.39, 0.29) is 18.0 Å². The summed E-state index contributed by atoms with van der Waals surface area (Å²) < 4.78 is 19.1. The van der Waals surface area contributed by atoms with Crippen LogP contribution < -0.4 is 10.1 Å². The number of benzene rings is 2. The van der Waals surface area contributed by atoms with Gasteiger partial charge in [-0.3, -0.25) is 0 Å². The van der Waals surface area contributed by atoms with Crippen LogP contribution in [-0.2, 0) is 0 Å². The lowest BCUT2D eigenvalue weighted by atomic mass is 10.1. The molecule has 2 atom stereocenters. The number of hydrogen-bond acceptors (Lipinski definition) is 2. The van der Waals surface area contributed by atoms with Crippen LogP contribution in [0.25, 0.3) is 0 Å². The third-order valence-electron chi connectivity index (χ3n) is 3.48. The first-order chi connectivity index (χ1) is 10.1. The molecule has 0 spiro atoms. The zero-order chi connectivity index (χ0) is 15.2. The van der Waals surface area contributed by atoms with Gasteiger partial charge in [-0.1, -0.05) is 25.1 Å². The average Bonchev–Trinajstić information content (AvgIpc) is 2.47. The molecule has 0 saturated heterocycles. The van der Waals surface area contributed by atoms with Crippen molar-refractivity contribution in [3.05, 3.63) is 59.9 Å². The van der Waals surface area contributed by atoms with Gasteiger partial charge >= 0.3 is 0 Å². The fourth-order valence-electron chi connectivity index (χ4n) is 2.08. The van der Waals surface area contributed by atoms with Gasteiger partial charge in [0.1, 0.15) is 11.6 Å². The first kappa shape index (κ1) is 15.4. The molecule has 2 nitrogen and oxygen atoms in total. The molecule has 3 heteroatoms. The van der Waals surface area contributed by atoms with Crippen LogP contribution in [0.15, 0.2) is 48.5 Å². The summed E-state index contributed by atoms with van der Waals surface area (Å²) in [6.45, 7) is 6.16. The van der Waals surface area contributed by atoms with Gasteiger partial charge in [-0.15, -0.1) is 0 Å². The number of ether oxygens (including phenoxy) is 1. The second-order valence-corrected chi connectivity index (χ2v) is 5.29. The monoisotopic (exact) mass is 287 g/mol. The molecule has 0 aliphatic rings. The van der Waals surface area contributed by atoms with Crippen molar-refractivity contribution in [1.29, 1.82) is 0 Å². The maximum Gasteiger partial charge on any atom is 0.123 e. The molecule has 0 bridgehead atoms. The van der Waals surface area contributed by atoms with Crippen molar-refractivity contribution in [2.75, 3.05) is 5.32 Å². The molecule has 2 rings (SSSR count). The number of hydrogen-bond donors (Lipinski definition) is 1. The van der Waals surface area contributed by atoms with Crippen molar-refractivity contribution in [3.8, 4) is 5.75 Å². The van der Waals surface area contributed by atoms with Crippen molar-refractivity contribution in [3.63, 3.8) is 0 Å². The van der Waals surface area contributed by atoms with E-state index in [0.29, 0.717) is 0 Å². The van der Waals surface area contributed by atoms with E-state index < -0.39 is 0 Å². The first-order valence-corrected chi connectivity index (χ1v) is 7.37. The molecule has 0 fully saturated rings. The Morgan fingerprint density at radius 2 is 1.86 bits per heavy atom. The van der Waals surface area contributed by atoms with Crippen LogP contribution in [-0.4, -0.2) is 6.10 Å². The van der Waals surface area contributed by atoms with Crippen molar-refractivity contribution < 1.29 is 9.13 Å². The number of halogens is 1. The minimum atomic E-state index is -0.213. The van der Waals surface area contributed by atoms with Crippen molar-refractivity contribution >= 4 is 5.69 Å². The van der Waals surface area contributed by atoms with E-state index in [1.54, 1.807) is 12.1 Å². The molecule has 0 radical (unpaired) electrons. The van der Waals surface area contributed by atoms with Crippen LogP contribution in [0.3, 0.4) is 0 Å². The van der Waals surface area contributed by atoms with Gasteiger partial charge in [0.05, 0.1) is 6.10 Å². The lowest BCUT2D eigenvalue weighted by Crippen LogP contribution is -2.10. The minimum absolute atomic E-state index is 0.0274. The molecule has 0 saturated carbocycles. The normalized spacial score (nSPS) is 13.5. The molecular formula is C18H22FNO. The first-order valence-electron chi connectivity index (χ1n) is 7.37. The molecule has 0 aliphatic heterocycles. The third kappa shape index (κ3) is 4.48. The summed E-state index contributed by atoms with van der Waals surface area (Å²) in [7, 11) is 0. The molecule has 0 aliphatic carbocycles. The summed E-state index contributed by atoms with van der Waals surface area (Å²) in [5.41, 5.74) is 1.89. The van der Waals surface area contributed by atoms with Gasteiger partial charge in [0.15, 0.2) is 0 Å². The van der Waals surface area contributed by atoms with Gasteiger partial charge in [0, 0.05) is 17.8 Å². The molecule has 2 aromatic rings. The predicted octanol–water partition coefficient (Wildman–Crippen LogP) is 5.18. The Bertz CT molecular complexity index is 585. The molecule has 2 aromatic carbocycles. The Morgan fingerprint density at radius 3 is 2.57 bits per heavy atom. The second-order valence-electron chi connectivity index (χ2n) is 5.29. The molecule has 21 heavy (non-hydrogen) atoms. The molecule has 112 valence electrons. The number of anilines is 1. The molecular weight excluding hydrogens is 265 g/mol. The predicted molar refractivity (Wildman–Crippen MR) is 85.3 cm³/mol. The summed E-state index contributed by atoms with van der Waals surface area (Å²) in [6.07, 6.45) is 1.16. The largest absolute Gasteiger partial charge is 0.491 e.